The Bertz CT molecular complexity index is 1210. The number of piperazine rings is 1. The predicted molar refractivity (Wildman–Crippen MR) is 129 cm³/mol. The highest BCUT2D eigenvalue weighted by molar-refractivity contribution is 5.85. The molecule has 10 heteroatoms. The Morgan fingerprint density at radius 1 is 0.971 bits per heavy atom. The van der Waals surface area contributed by atoms with E-state index in [1.807, 2.05) is 24.7 Å². The number of rotatable bonds is 6. The summed E-state index contributed by atoms with van der Waals surface area (Å²) in [5.74, 6) is 1.42. The number of hydrogen-bond acceptors (Lipinski definition) is 7. The standard InChI is InChI=1S/C24H26FN7O.ClH/c1-17-22(18(2)33-29-17)16-32-15-19(13-28-32)14-30-9-11-31(12-10-30)24-23(26-7-8-27-24)20-3-5-21(25)6-4-20;/h3-8,13,15H,9-12,14,16H2,1-2H3;1H. The molecule has 5 rings (SSSR count). The zero-order chi connectivity index (χ0) is 22.8. The van der Waals surface area contributed by atoms with Gasteiger partial charge in [-0.25, -0.2) is 9.37 Å². The van der Waals surface area contributed by atoms with E-state index in [1.54, 1.807) is 24.5 Å². The van der Waals surface area contributed by atoms with E-state index in [-0.39, 0.29) is 18.2 Å². The fourth-order valence-electron chi connectivity index (χ4n) is 4.21. The van der Waals surface area contributed by atoms with E-state index >= 15 is 0 Å². The smallest absolute Gasteiger partial charge is 0.155 e. The highest BCUT2D eigenvalue weighted by atomic mass is 35.5. The van der Waals surface area contributed by atoms with Crippen molar-refractivity contribution in [2.24, 2.45) is 0 Å². The highest BCUT2D eigenvalue weighted by Crippen LogP contribution is 2.27. The van der Waals surface area contributed by atoms with Crippen LogP contribution in [0, 0.1) is 19.7 Å². The zero-order valence-electron chi connectivity index (χ0n) is 19.2. The van der Waals surface area contributed by atoms with Gasteiger partial charge in [0.15, 0.2) is 5.82 Å². The van der Waals surface area contributed by atoms with Crippen molar-refractivity contribution < 1.29 is 8.91 Å². The molecule has 1 aliphatic rings. The molecule has 0 N–H and O–H groups in total. The fraction of sp³-hybridized carbons (Fsp3) is 0.333. The Hall–Kier alpha value is -3.30. The molecule has 0 spiro atoms. The van der Waals surface area contributed by atoms with Gasteiger partial charge in [-0.1, -0.05) is 5.16 Å². The van der Waals surface area contributed by atoms with Crippen LogP contribution in [0.25, 0.3) is 11.3 Å². The van der Waals surface area contributed by atoms with Crippen molar-refractivity contribution in [1.29, 1.82) is 0 Å². The lowest BCUT2D eigenvalue weighted by Crippen LogP contribution is -2.46. The third kappa shape index (κ3) is 5.10. The molecule has 8 nitrogen and oxygen atoms in total. The van der Waals surface area contributed by atoms with E-state index in [1.165, 1.54) is 17.7 Å². The zero-order valence-corrected chi connectivity index (χ0v) is 20.0. The van der Waals surface area contributed by atoms with Crippen LogP contribution in [-0.4, -0.2) is 56.0 Å². The van der Waals surface area contributed by atoms with Gasteiger partial charge < -0.3 is 9.42 Å². The minimum absolute atomic E-state index is 0. The SMILES string of the molecule is Cc1noc(C)c1Cn1cc(CN2CCN(c3nccnc3-c3ccc(F)cc3)CC2)cn1.Cl. The molecule has 4 aromatic rings. The third-order valence-electron chi connectivity index (χ3n) is 6.06. The number of nitrogens with zero attached hydrogens (tertiary/aromatic N) is 7. The molecule has 0 bridgehead atoms. The first-order valence-corrected chi connectivity index (χ1v) is 11.0. The molecule has 0 radical (unpaired) electrons. The van der Waals surface area contributed by atoms with Crippen molar-refractivity contribution in [2.75, 3.05) is 31.1 Å². The molecule has 4 heterocycles. The van der Waals surface area contributed by atoms with Crippen LogP contribution in [0.15, 0.2) is 53.6 Å². The summed E-state index contributed by atoms with van der Waals surface area (Å²) >= 11 is 0. The fourth-order valence-corrected chi connectivity index (χ4v) is 4.21. The largest absolute Gasteiger partial charge is 0.361 e. The summed E-state index contributed by atoms with van der Waals surface area (Å²) < 4.78 is 20.5. The first kappa shape index (κ1) is 23.8. The van der Waals surface area contributed by atoms with Gasteiger partial charge in [-0.3, -0.25) is 14.6 Å². The van der Waals surface area contributed by atoms with Crippen molar-refractivity contribution >= 4 is 18.2 Å². The van der Waals surface area contributed by atoms with Crippen LogP contribution in [0.5, 0.6) is 0 Å². The second kappa shape index (κ2) is 10.3. The minimum Gasteiger partial charge on any atom is -0.361 e. The maximum Gasteiger partial charge on any atom is 0.155 e. The molecule has 3 aromatic heterocycles. The molecule has 0 atom stereocenters. The Labute approximate surface area is 203 Å². The minimum atomic E-state index is -0.257. The molecule has 1 fully saturated rings. The summed E-state index contributed by atoms with van der Waals surface area (Å²) in [6.45, 7) is 8.91. The second-order valence-electron chi connectivity index (χ2n) is 8.35. The maximum atomic E-state index is 13.3. The van der Waals surface area contributed by atoms with Gasteiger partial charge in [-0.05, 0) is 38.1 Å². The van der Waals surface area contributed by atoms with Gasteiger partial charge in [0.05, 0.1) is 18.4 Å². The summed E-state index contributed by atoms with van der Waals surface area (Å²) in [4.78, 5) is 13.8. The van der Waals surface area contributed by atoms with Crippen LogP contribution in [0.4, 0.5) is 10.2 Å². The van der Waals surface area contributed by atoms with Gasteiger partial charge in [-0.2, -0.15) is 5.10 Å². The first-order chi connectivity index (χ1) is 16.1. The molecule has 178 valence electrons. The van der Waals surface area contributed by atoms with Crippen molar-refractivity contribution in [3.63, 3.8) is 0 Å². The predicted octanol–water partition coefficient (Wildman–Crippen LogP) is 3.88. The average Bonchev–Trinajstić information content (AvgIpc) is 3.41. The van der Waals surface area contributed by atoms with Crippen molar-refractivity contribution in [1.82, 2.24) is 29.8 Å². The Morgan fingerprint density at radius 2 is 1.71 bits per heavy atom. The van der Waals surface area contributed by atoms with Gasteiger partial charge in [0.1, 0.15) is 17.3 Å². The molecule has 1 aliphatic heterocycles. The van der Waals surface area contributed by atoms with Gasteiger partial charge in [0.2, 0.25) is 0 Å². The normalized spacial score (nSPS) is 14.3. The van der Waals surface area contributed by atoms with Gasteiger partial charge in [0, 0.05) is 68.0 Å². The van der Waals surface area contributed by atoms with E-state index in [0.29, 0.717) is 6.54 Å². The molecule has 0 amide bonds. The lowest BCUT2D eigenvalue weighted by atomic mass is 10.1. The van der Waals surface area contributed by atoms with Crippen LogP contribution in [0.3, 0.4) is 0 Å². The van der Waals surface area contributed by atoms with E-state index < -0.39 is 0 Å². The third-order valence-corrected chi connectivity index (χ3v) is 6.06. The number of benzene rings is 1. The lowest BCUT2D eigenvalue weighted by Gasteiger charge is -2.35. The van der Waals surface area contributed by atoms with Crippen molar-refractivity contribution in [3.8, 4) is 11.3 Å². The quantitative estimate of drug-likeness (QED) is 0.412. The number of hydrogen-bond donors (Lipinski definition) is 0. The Kier molecular flexibility index (Phi) is 7.23. The Balaban J connectivity index is 0.00000274. The van der Waals surface area contributed by atoms with Crippen LogP contribution < -0.4 is 4.90 Å². The van der Waals surface area contributed by atoms with E-state index in [2.05, 4.69) is 36.2 Å². The lowest BCUT2D eigenvalue weighted by molar-refractivity contribution is 0.249. The average molecular weight is 484 g/mol. The van der Waals surface area contributed by atoms with Crippen LogP contribution in [0.2, 0.25) is 0 Å². The van der Waals surface area contributed by atoms with Crippen LogP contribution in [-0.2, 0) is 13.1 Å². The topological polar surface area (TPSA) is 76.1 Å². The number of aryl methyl sites for hydroxylation is 2. The summed E-state index contributed by atoms with van der Waals surface area (Å²) in [7, 11) is 0. The summed E-state index contributed by atoms with van der Waals surface area (Å²) in [6, 6.07) is 6.41. The van der Waals surface area contributed by atoms with E-state index in [0.717, 1.165) is 66.8 Å². The van der Waals surface area contributed by atoms with Gasteiger partial charge >= 0.3 is 0 Å². The van der Waals surface area contributed by atoms with E-state index in [9.17, 15) is 4.39 Å². The molecule has 0 unspecified atom stereocenters. The van der Waals surface area contributed by atoms with Crippen molar-refractivity contribution in [2.45, 2.75) is 26.9 Å². The number of halogens is 2. The Morgan fingerprint density at radius 3 is 2.41 bits per heavy atom. The van der Waals surface area contributed by atoms with E-state index in [4.69, 9.17) is 4.52 Å². The summed E-state index contributed by atoms with van der Waals surface area (Å²) in [5.41, 5.74) is 4.82. The molecule has 1 saturated heterocycles. The molecular formula is C24H27ClFN7O. The first-order valence-electron chi connectivity index (χ1n) is 11.0. The van der Waals surface area contributed by atoms with Crippen LogP contribution in [0.1, 0.15) is 22.6 Å². The van der Waals surface area contributed by atoms with Gasteiger partial charge in [0.25, 0.3) is 0 Å². The molecule has 0 saturated carbocycles. The van der Waals surface area contributed by atoms with Gasteiger partial charge in [-0.15, -0.1) is 12.4 Å². The number of anilines is 1. The number of aromatic nitrogens is 5. The summed E-state index contributed by atoms with van der Waals surface area (Å²) in [5, 5.41) is 8.54. The molecule has 0 aliphatic carbocycles. The molecule has 1 aromatic carbocycles. The highest BCUT2D eigenvalue weighted by Gasteiger charge is 2.22. The molecular weight excluding hydrogens is 457 g/mol. The summed E-state index contributed by atoms with van der Waals surface area (Å²) in [6.07, 6.45) is 7.41. The molecule has 34 heavy (non-hydrogen) atoms. The maximum absolute atomic E-state index is 13.3. The van der Waals surface area contributed by atoms with Crippen LogP contribution >= 0.6 is 12.4 Å². The second-order valence-corrected chi connectivity index (χ2v) is 8.35. The van der Waals surface area contributed by atoms with Crippen molar-refractivity contribution in [3.05, 3.63) is 77.5 Å². The monoisotopic (exact) mass is 483 g/mol.